The molecule has 140 valence electrons. The Morgan fingerprint density at radius 1 is 1.37 bits per heavy atom. The number of nitrogens with zero attached hydrogens (tertiary/aromatic N) is 1. The van der Waals surface area contributed by atoms with E-state index in [2.05, 4.69) is 4.98 Å². The smallest absolute Gasteiger partial charge is 0.417 e. The van der Waals surface area contributed by atoms with Crippen molar-refractivity contribution in [3.8, 4) is 6.07 Å². The van der Waals surface area contributed by atoms with E-state index in [0.717, 1.165) is 0 Å². The van der Waals surface area contributed by atoms with Crippen LogP contribution in [0.15, 0.2) is 62.7 Å². The van der Waals surface area contributed by atoms with Crippen molar-refractivity contribution in [3.63, 3.8) is 0 Å². The van der Waals surface area contributed by atoms with E-state index in [-0.39, 0.29) is 35.0 Å². The molecule has 1 heterocycles. The fourth-order valence-electron chi connectivity index (χ4n) is 2.60. The molecule has 27 heavy (non-hydrogen) atoms. The maximum Gasteiger partial charge on any atom is 0.417 e. The zero-order chi connectivity index (χ0) is 20.0. The molecule has 1 aliphatic carbocycles. The molecule has 0 amide bonds. The number of aliphatic hydroxyl groups excluding tert-OH is 2. The van der Waals surface area contributed by atoms with E-state index in [4.69, 9.17) is 4.42 Å². The van der Waals surface area contributed by atoms with Crippen LogP contribution in [0, 0.1) is 17.2 Å². The molecule has 1 aliphatic rings. The number of carbonyl (C=O) groups is 1. The second-order valence-corrected chi connectivity index (χ2v) is 5.64. The highest BCUT2D eigenvalue weighted by Gasteiger charge is 2.17. The van der Waals surface area contributed by atoms with Crippen LogP contribution in [0.3, 0.4) is 0 Å². The van der Waals surface area contributed by atoms with Gasteiger partial charge in [-0.15, -0.1) is 0 Å². The van der Waals surface area contributed by atoms with Crippen LogP contribution >= 0.6 is 0 Å². The van der Waals surface area contributed by atoms with Crippen LogP contribution in [0.25, 0.3) is 11.1 Å². The van der Waals surface area contributed by atoms with E-state index >= 15 is 0 Å². The van der Waals surface area contributed by atoms with Crippen LogP contribution in [-0.4, -0.2) is 21.0 Å². The van der Waals surface area contributed by atoms with Crippen LogP contribution < -0.4 is 5.76 Å². The SMILES string of the molecule is CC.N#C/C(=C\C1C=CC(O)=C(O)CC1)C(=O)c1ccc2oc(=O)[nH]c2c1. The zero-order valence-electron chi connectivity index (χ0n) is 15.0. The predicted molar refractivity (Wildman–Crippen MR) is 100 cm³/mol. The Bertz CT molecular complexity index is 1030. The van der Waals surface area contributed by atoms with E-state index in [1.54, 1.807) is 6.08 Å². The molecule has 1 atom stereocenters. The Morgan fingerprint density at radius 2 is 2.11 bits per heavy atom. The van der Waals surface area contributed by atoms with Crippen LogP contribution in [-0.2, 0) is 0 Å². The van der Waals surface area contributed by atoms with E-state index in [0.29, 0.717) is 17.5 Å². The quantitative estimate of drug-likeness (QED) is 0.426. The number of allylic oxidation sites excluding steroid dienone is 5. The first kappa shape index (κ1) is 19.8. The van der Waals surface area contributed by atoms with Gasteiger partial charge in [0.25, 0.3) is 0 Å². The lowest BCUT2D eigenvalue weighted by atomic mass is 9.96. The lowest BCUT2D eigenvalue weighted by Gasteiger charge is -2.06. The molecule has 0 aliphatic heterocycles. The third-order valence-electron chi connectivity index (χ3n) is 3.94. The van der Waals surface area contributed by atoms with Gasteiger partial charge in [-0.05, 0) is 36.6 Å². The standard InChI is InChI=1S/C18H14N2O5.C2H6/c19-9-12(7-10-1-4-14(21)15(22)5-2-10)17(23)11-3-6-16-13(8-11)20-18(24)25-16;1-2/h1,3-4,6-8,10,21-22H,2,5H2,(H,20,24);1-2H3/b12-7+;. The van der Waals surface area contributed by atoms with E-state index in [1.165, 1.54) is 30.4 Å². The van der Waals surface area contributed by atoms with Gasteiger partial charge in [-0.2, -0.15) is 5.26 Å². The van der Waals surface area contributed by atoms with E-state index in [1.807, 2.05) is 19.9 Å². The van der Waals surface area contributed by atoms with Crippen molar-refractivity contribution in [2.75, 3.05) is 0 Å². The lowest BCUT2D eigenvalue weighted by molar-refractivity contribution is 0.103. The van der Waals surface area contributed by atoms with Crippen LogP contribution in [0.4, 0.5) is 0 Å². The van der Waals surface area contributed by atoms with E-state index < -0.39 is 11.5 Å². The summed E-state index contributed by atoms with van der Waals surface area (Å²) in [5.74, 6) is -1.71. The van der Waals surface area contributed by atoms with Gasteiger partial charge in [-0.3, -0.25) is 9.78 Å². The van der Waals surface area contributed by atoms with Gasteiger partial charge >= 0.3 is 5.76 Å². The third-order valence-corrected chi connectivity index (χ3v) is 3.94. The summed E-state index contributed by atoms with van der Waals surface area (Å²) in [5.41, 5.74) is 0.897. The molecule has 3 rings (SSSR count). The normalized spacial score (nSPS) is 17.1. The number of nitriles is 1. The van der Waals surface area contributed by atoms with Crippen molar-refractivity contribution in [2.24, 2.45) is 5.92 Å². The Labute approximate surface area is 155 Å². The number of fused-ring (bicyclic) bond motifs is 1. The fourth-order valence-corrected chi connectivity index (χ4v) is 2.60. The topological polar surface area (TPSA) is 127 Å². The summed E-state index contributed by atoms with van der Waals surface area (Å²) in [5, 5.41) is 28.4. The molecule has 7 heteroatoms. The highest BCUT2D eigenvalue weighted by molar-refractivity contribution is 6.12. The van der Waals surface area contributed by atoms with Gasteiger partial charge in [0.05, 0.1) is 11.1 Å². The Balaban J connectivity index is 0.00000126. The largest absolute Gasteiger partial charge is 0.508 e. The number of hydrogen-bond donors (Lipinski definition) is 3. The fraction of sp³-hybridized carbons (Fsp3) is 0.250. The van der Waals surface area contributed by atoms with Gasteiger partial charge in [-0.1, -0.05) is 26.0 Å². The molecule has 2 aromatic rings. The molecule has 1 aromatic carbocycles. The van der Waals surface area contributed by atoms with Crippen molar-refractivity contribution in [2.45, 2.75) is 26.7 Å². The third kappa shape index (κ3) is 4.55. The average molecular weight is 368 g/mol. The summed E-state index contributed by atoms with van der Waals surface area (Å²) >= 11 is 0. The van der Waals surface area contributed by atoms with Crippen LogP contribution in [0.5, 0.6) is 0 Å². The molecule has 0 saturated heterocycles. The van der Waals surface area contributed by atoms with Crippen LogP contribution in [0.2, 0.25) is 0 Å². The number of hydrogen-bond acceptors (Lipinski definition) is 6. The first-order valence-corrected chi connectivity index (χ1v) is 8.56. The number of benzene rings is 1. The second kappa shape index (κ2) is 8.72. The molecule has 7 nitrogen and oxygen atoms in total. The van der Waals surface area contributed by atoms with Gasteiger partial charge in [0.15, 0.2) is 11.3 Å². The number of carbonyl (C=O) groups excluding carboxylic acids is 1. The molecular formula is C20H20N2O5. The zero-order valence-corrected chi connectivity index (χ0v) is 15.0. The van der Waals surface area contributed by atoms with Crippen LogP contribution in [0.1, 0.15) is 37.0 Å². The highest BCUT2D eigenvalue weighted by Crippen LogP contribution is 2.23. The summed E-state index contributed by atoms with van der Waals surface area (Å²) < 4.78 is 4.88. The number of aromatic nitrogens is 1. The van der Waals surface area contributed by atoms with Gasteiger partial charge < -0.3 is 14.6 Å². The predicted octanol–water partition coefficient (Wildman–Crippen LogP) is 4.07. The maximum absolute atomic E-state index is 12.6. The maximum atomic E-state index is 12.6. The molecule has 0 radical (unpaired) electrons. The Hall–Kier alpha value is -3.53. The summed E-state index contributed by atoms with van der Waals surface area (Å²) in [7, 11) is 0. The highest BCUT2D eigenvalue weighted by atomic mass is 16.4. The molecule has 0 bridgehead atoms. The number of aromatic amines is 1. The minimum absolute atomic E-state index is 0.0549. The Morgan fingerprint density at radius 3 is 2.81 bits per heavy atom. The van der Waals surface area contributed by atoms with Crippen molar-refractivity contribution in [1.82, 2.24) is 4.98 Å². The number of Topliss-reactive ketones (excluding diaryl/α,β-unsaturated/α-hetero) is 1. The van der Waals surface area contributed by atoms with Crippen molar-refractivity contribution >= 4 is 16.9 Å². The van der Waals surface area contributed by atoms with Gasteiger partial charge in [-0.25, -0.2) is 4.79 Å². The first-order chi connectivity index (χ1) is 13.0. The summed E-state index contributed by atoms with van der Waals surface area (Å²) in [6.07, 6.45) is 5.19. The minimum Gasteiger partial charge on any atom is -0.508 e. The monoisotopic (exact) mass is 368 g/mol. The first-order valence-electron chi connectivity index (χ1n) is 8.56. The summed E-state index contributed by atoms with van der Waals surface area (Å²) in [6.45, 7) is 4.00. The lowest BCUT2D eigenvalue weighted by Crippen LogP contribution is -2.05. The molecule has 0 fully saturated rings. The van der Waals surface area contributed by atoms with Gasteiger partial charge in [0, 0.05) is 12.0 Å². The number of oxazole rings is 1. The van der Waals surface area contributed by atoms with Crippen molar-refractivity contribution in [1.29, 1.82) is 5.26 Å². The van der Waals surface area contributed by atoms with E-state index in [9.17, 15) is 25.1 Å². The molecular weight excluding hydrogens is 348 g/mol. The second-order valence-electron chi connectivity index (χ2n) is 5.64. The minimum atomic E-state index is -0.619. The van der Waals surface area contributed by atoms with Gasteiger partial charge in [0.2, 0.25) is 5.78 Å². The number of ketones is 1. The average Bonchev–Trinajstić information content (AvgIpc) is 2.99. The Kier molecular flexibility index (Phi) is 6.39. The number of rotatable bonds is 3. The van der Waals surface area contributed by atoms with Crippen molar-refractivity contribution < 1.29 is 19.4 Å². The summed E-state index contributed by atoms with van der Waals surface area (Å²) in [6, 6.07) is 6.31. The summed E-state index contributed by atoms with van der Waals surface area (Å²) in [4.78, 5) is 26.2. The van der Waals surface area contributed by atoms with Crippen molar-refractivity contribution in [3.05, 3.63) is 69.6 Å². The molecule has 3 N–H and O–H groups in total. The number of nitrogens with one attached hydrogen (secondary N) is 1. The molecule has 1 aromatic heterocycles. The molecule has 0 saturated carbocycles. The molecule has 1 unspecified atom stereocenters. The molecule has 0 spiro atoms. The number of H-pyrrole nitrogens is 1. The number of aliphatic hydroxyl groups is 2. The van der Waals surface area contributed by atoms with Gasteiger partial charge in [0.1, 0.15) is 11.8 Å².